The Kier molecular flexibility index (Phi) is 3.41. The lowest BCUT2D eigenvalue weighted by Crippen LogP contribution is -2.52. The maximum absolute atomic E-state index is 11.0. The molecule has 86 valence electrons. The Labute approximate surface area is 95.2 Å². The summed E-state index contributed by atoms with van der Waals surface area (Å²) in [5.41, 5.74) is 1.07. The van der Waals surface area contributed by atoms with Gasteiger partial charge in [0.1, 0.15) is 12.0 Å². The number of ether oxygens (including phenoxy) is 1. The van der Waals surface area contributed by atoms with Gasteiger partial charge in [-0.2, -0.15) is 0 Å². The van der Waals surface area contributed by atoms with E-state index in [-0.39, 0.29) is 6.04 Å². The fourth-order valence-corrected chi connectivity index (χ4v) is 1.94. The molecule has 0 aliphatic carbocycles. The van der Waals surface area contributed by atoms with Gasteiger partial charge in [0.15, 0.2) is 0 Å². The number of rotatable bonds is 3. The van der Waals surface area contributed by atoms with E-state index in [4.69, 9.17) is 4.74 Å². The first kappa shape index (κ1) is 11.0. The molecule has 4 nitrogen and oxygen atoms in total. The average molecular weight is 220 g/mol. The highest BCUT2D eigenvalue weighted by Crippen LogP contribution is 2.21. The molecular weight excluding hydrogens is 204 g/mol. The number of carbonyl (C=O) groups excluding carboxylic acids is 1. The Morgan fingerprint density at radius 3 is 2.81 bits per heavy atom. The standard InChI is InChI=1S/C12H16N2O2/c1-16-12-4-2-10(3-5-12)14-7-6-13-8-11(14)9-15/h2-5,9,11,13H,6-8H2,1H3. The summed E-state index contributed by atoms with van der Waals surface area (Å²) in [5.74, 6) is 0.835. The van der Waals surface area contributed by atoms with Crippen molar-refractivity contribution in [3.63, 3.8) is 0 Å². The summed E-state index contributed by atoms with van der Waals surface area (Å²) < 4.78 is 5.11. The predicted octanol–water partition coefficient (Wildman–Crippen LogP) is 0.672. The van der Waals surface area contributed by atoms with Crippen LogP contribution in [-0.2, 0) is 4.79 Å². The highest BCUT2D eigenvalue weighted by Gasteiger charge is 2.21. The van der Waals surface area contributed by atoms with Crippen molar-refractivity contribution in [2.24, 2.45) is 0 Å². The van der Waals surface area contributed by atoms with Gasteiger partial charge in [0.2, 0.25) is 0 Å². The molecule has 16 heavy (non-hydrogen) atoms. The van der Waals surface area contributed by atoms with Gasteiger partial charge < -0.3 is 19.7 Å². The zero-order valence-electron chi connectivity index (χ0n) is 9.35. The van der Waals surface area contributed by atoms with Gasteiger partial charge in [-0.05, 0) is 24.3 Å². The van der Waals surface area contributed by atoms with Crippen molar-refractivity contribution in [3.8, 4) is 5.75 Å². The zero-order chi connectivity index (χ0) is 11.4. The molecule has 2 rings (SSSR count). The number of nitrogens with one attached hydrogen (secondary N) is 1. The van der Waals surface area contributed by atoms with Gasteiger partial charge in [0.25, 0.3) is 0 Å². The highest BCUT2D eigenvalue weighted by molar-refractivity contribution is 5.67. The number of piperazine rings is 1. The lowest BCUT2D eigenvalue weighted by molar-refractivity contribution is -0.109. The van der Waals surface area contributed by atoms with Crippen LogP contribution in [0.3, 0.4) is 0 Å². The third-order valence-electron chi connectivity index (χ3n) is 2.84. The van der Waals surface area contributed by atoms with Crippen LogP contribution in [0.25, 0.3) is 0 Å². The molecule has 1 fully saturated rings. The fraction of sp³-hybridized carbons (Fsp3) is 0.417. The van der Waals surface area contributed by atoms with E-state index in [0.29, 0.717) is 0 Å². The summed E-state index contributed by atoms with van der Waals surface area (Å²) in [6.07, 6.45) is 0.996. The Balaban J connectivity index is 2.17. The summed E-state index contributed by atoms with van der Waals surface area (Å²) in [6, 6.07) is 7.74. The van der Waals surface area contributed by atoms with E-state index >= 15 is 0 Å². The van der Waals surface area contributed by atoms with Crippen LogP contribution < -0.4 is 15.0 Å². The molecule has 1 N–H and O–H groups in total. The molecule has 0 spiro atoms. The normalized spacial score (nSPS) is 20.6. The lowest BCUT2D eigenvalue weighted by Gasteiger charge is -2.34. The van der Waals surface area contributed by atoms with E-state index in [1.807, 2.05) is 24.3 Å². The molecule has 1 saturated heterocycles. The Morgan fingerprint density at radius 1 is 1.44 bits per heavy atom. The van der Waals surface area contributed by atoms with Crippen LogP contribution in [0.15, 0.2) is 24.3 Å². The fourth-order valence-electron chi connectivity index (χ4n) is 1.94. The second-order valence-corrected chi connectivity index (χ2v) is 3.80. The third-order valence-corrected chi connectivity index (χ3v) is 2.84. The zero-order valence-corrected chi connectivity index (χ0v) is 9.35. The van der Waals surface area contributed by atoms with Crippen LogP contribution in [-0.4, -0.2) is 39.1 Å². The summed E-state index contributed by atoms with van der Waals surface area (Å²) in [6.45, 7) is 2.49. The molecule has 0 bridgehead atoms. The second-order valence-electron chi connectivity index (χ2n) is 3.80. The maximum Gasteiger partial charge on any atom is 0.143 e. The predicted molar refractivity (Wildman–Crippen MR) is 63.1 cm³/mol. The molecule has 1 aromatic rings. The number of anilines is 1. The number of hydrogen-bond donors (Lipinski definition) is 1. The van der Waals surface area contributed by atoms with Gasteiger partial charge in [0.05, 0.1) is 13.2 Å². The quantitative estimate of drug-likeness (QED) is 0.760. The van der Waals surface area contributed by atoms with Gasteiger partial charge in [-0.3, -0.25) is 0 Å². The minimum atomic E-state index is -0.0675. The maximum atomic E-state index is 11.0. The van der Waals surface area contributed by atoms with Crippen LogP contribution in [0.1, 0.15) is 0 Å². The molecule has 1 aliphatic rings. The van der Waals surface area contributed by atoms with Crippen LogP contribution in [0, 0.1) is 0 Å². The minimum absolute atomic E-state index is 0.0675. The van der Waals surface area contributed by atoms with E-state index < -0.39 is 0 Å². The lowest BCUT2D eigenvalue weighted by atomic mass is 10.1. The smallest absolute Gasteiger partial charge is 0.143 e. The molecule has 0 saturated carbocycles. The first-order valence-electron chi connectivity index (χ1n) is 5.42. The van der Waals surface area contributed by atoms with E-state index in [1.54, 1.807) is 7.11 Å². The highest BCUT2D eigenvalue weighted by atomic mass is 16.5. The van der Waals surface area contributed by atoms with E-state index in [1.165, 1.54) is 0 Å². The summed E-state index contributed by atoms with van der Waals surface area (Å²) in [4.78, 5) is 13.1. The summed E-state index contributed by atoms with van der Waals surface area (Å²) in [5, 5.41) is 3.21. The van der Waals surface area contributed by atoms with Crippen molar-refractivity contribution >= 4 is 12.0 Å². The number of nitrogens with zero attached hydrogens (tertiary/aromatic N) is 1. The molecule has 1 aromatic carbocycles. The van der Waals surface area contributed by atoms with Gasteiger partial charge in [-0.1, -0.05) is 0 Å². The molecule has 0 radical (unpaired) electrons. The number of carbonyl (C=O) groups is 1. The van der Waals surface area contributed by atoms with Crippen LogP contribution >= 0.6 is 0 Å². The third kappa shape index (κ3) is 2.17. The number of hydrogen-bond acceptors (Lipinski definition) is 4. The Hall–Kier alpha value is -1.55. The van der Waals surface area contributed by atoms with Crippen molar-refractivity contribution < 1.29 is 9.53 Å². The first-order chi connectivity index (χ1) is 7.85. The van der Waals surface area contributed by atoms with Crippen molar-refractivity contribution in [1.29, 1.82) is 0 Å². The van der Waals surface area contributed by atoms with E-state index in [9.17, 15) is 4.79 Å². The van der Waals surface area contributed by atoms with Crippen LogP contribution in [0.2, 0.25) is 0 Å². The van der Waals surface area contributed by atoms with Crippen molar-refractivity contribution in [2.75, 3.05) is 31.6 Å². The van der Waals surface area contributed by atoms with Gasteiger partial charge in [0, 0.05) is 25.3 Å². The number of aldehydes is 1. The summed E-state index contributed by atoms with van der Waals surface area (Å²) >= 11 is 0. The number of methoxy groups -OCH3 is 1. The SMILES string of the molecule is COc1ccc(N2CCNCC2C=O)cc1. The average Bonchev–Trinajstić information content (AvgIpc) is 2.39. The van der Waals surface area contributed by atoms with Gasteiger partial charge in [-0.15, -0.1) is 0 Å². The minimum Gasteiger partial charge on any atom is -0.497 e. The van der Waals surface area contributed by atoms with Crippen molar-refractivity contribution in [3.05, 3.63) is 24.3 Å². The van der Waals surface area contributed by atoms with Gasteiger partial charge >= 0.3 is 0 Å². The van der Waals surface area contributed by atoms with Crippen molar-refractivity contribution in [1.82, 2.24) is 5.32 Å². The summed E-state index contributed by atoms with van der Waals surface area (Å²) in [7, 11) is 1.65. The molecule has 1 unspecified atom stereocenters. The largest absolute Gasteiger partial charge is 0.497 e. The van der Waals surface area contributed by atoms with E-state index in [2.05, 4.69) is 10.2 Å². The topological polar surface area (TPSA) is 41.6 Å². The molecule has 4 heteroatoms. The number of benzene rings is 1. The Bertz CT molecular complexity index is 351. The molecule has 0 amide bonds. The van der Waals surface area contributed by atoms with Crippen molar-refractivity contribution in [2.45, 2.75) is 6.04 Å². The van der Waals surface area contributed by atoms with E-state index in [0.717, 1.165) is 37.4 Å². The first-order valence-corrected chi connectivity index (χ1v) is 5.42. The van der Waals surface area contributed by atoms with Crippen LogP contribution in [0.5, 0.6) is 5.75 Å². The molecular formula is C12H16N2O2. The van der Waals surface area contributed by atoms with Crippen LogP contribution in [0.4, 0.5) is 5.69 Å². The molecule has 1 heterocycles. The molecule has 0 aromatic heterocycles. The van der Waals surface area contributed by atoms with Gasteiger partial charge in [-0.25, -0.2) is 0 Å². The molecule has 1 atom stereocenters. The Morgan fingerprint density at radius 2 is 2.19 bits per heavy atom. The monoisotopic (exact) mass is 220 g/mol. The second kappa shape index (κ2) is 4.99. The molecule has 1 aliphatic heterocycles.